The highest BCUT2D eigenvalue weighted by atomic mass is 16.3. The number of carbonyl (C=O) groups excluding carboxylic acids is 1. The van der Waals surface area contributed by atoms with Crippen molar-refractivity contribution in [1.29, 1.82) is 0 Å². The fraction of sp³-hybridized carbons (Fsp3) is 0.174. The lowest BCUT2D eigenvalue weighted by Gasteiger charge is -2.05. The van der Waals surface area contributed by atoms with Crippen LogP contribution in [0.5, 0.6) is 0 Å². The SMILES string of the molecule is Cc1cc2nn(-c3ccc(C(C)C)cc3)nc2cc1NC(=O)/C=C/c1ccco1. The molecule has 0 saturated heterocycles. The maximum absolute atomic E-state index is 12.2. The van der Waals surface area contributed by atoms with Gasteiger partial charge in [-0.2, -0.15) is 4.80 Å². The summed E-state index contributed by atoms with van der Waals surface area (Å²) in [4.78, 5) is 13.9. The van der Waals surface area contributed by atoms with E-state index in [4.69, 9.17) is 4.42 Å². The van der Waals surface area contributed by atoms with E-state index in [1.807, 2.05) is 31.2 Å². The van der Waals surface area contributed by atoms with Crippen molar-refractivity contribution >= 4 is 28.7 Å². The van der Waals surface area contributed by atoms with Gasteiger partial charge in [0.25, 0.3) is 0 Å². The Hall–Kier alpha value is -3.67. The molecule has 1 N–H and O–H groups in total. The molecule has 0 spiro atoms. The molecule has 0 radical (unpaired) electrons. The fourth-order valence-corrected chi connectivity index (χ4v) is 3.03. The molecule has 2 aromatic heterocycles. The van der Waals surface area contributed by atoms with Crippen LogP contribution in [0.15, 0.2) is 65.3 Å². The zero-order chi connectivity index (χ0) is 20.4. The van der Waals surface area contributed by atoms with E-state index in [0.717, 1.165) is 16.8 Å². The number of aryl methyl sites for hydroxylation is 1. The number of aromatic nitrogens is 3. The van der Waals surface area contributed by atoms with Gasteiger partial charge in [0.05, 0.1) is 12.0 Å². The van der Waals surface area contributed by atoms with Gasteiger partial charge in [0, 0.05) is 11.8 Å². The quantitative estimate of drug-likeness (QED) is 0.485. The van der Waals surface area contributed by atoms with Crippen molar-refractivity contribution in [3.63, 3.8) is 0 Å². The zero-order valence-corrected chi connectivity index (χ0v) is 16.6. The van der Waals surface area contributed by atoms with Crippen LogP contribution in [0.25, 0.3) is 22.8 Å². The van der Waals surface area contributed by atoms with E-state index in [0.29, 0.717) is 22.9 Å². The lowest BCUT2D eigenvalue weighted by Crippen LogP contribution is -2.08. The maximum atomic E-state index is 12.2. The minimum Gasteiger partial charge on any atom is -0.465 e. The summed E-state index contributed by atoms with van der Waals surface area (Å²) in [6.07, 6.45) is 4.63. The minimum absolute atomic E-state index is 0.236. The van der Waals surface area contributed by atoms with Gasteiger partial charge in [-0.1, -0.05) is 26.0 Å². The summed E-state index contributed by atoms with van der Waals surface area (Å²) in [6, 6.07) is 15.5. The molecule has 0 saturated carbocycles. The number of anilines is 1. The third kappa shape index (κ3) is 4.11. The highest BCUT2D eigenvalue weighted by molar-refractivity contribution is 6.03. The summed E-state index contributed by atoms with van der Waals surface area (Å²) in [5.41, 5.74) is 5.28. The molecule has 2 aromatic carbocycles. The first-order valence-electron chi connectivity index (χ1n) is 9.50. The van der Waals surface area contributed by atoms with E-state index in [1.165, 1.54) is 11.6 Å². The van der Waals surface area contributed by atoms with Crippen LogP contribution in [-0.4, -0.2) is 20.9 Å². The molecule has 4 aromatic rings. The smallest absolute Gasteiger partial charge is 0.248 e. The van der Waals surface area contributed by atoms with Crippen molar-refractivity contribution < 1.29 is 9.21 Å². The number of hydrogen-bond acceptors (Lipinski definition) is 4. The number of carbonyl (C=O) groups is 1. The predicted molar refractivity (Wildman–Crippen MR) is 114 cm³/mol. The number of rotatable bonds is 5. The third-order valence-electron chi connectivity index (χ3n) is 4.72. The average Bonchev–Trinajstić information content (AvgIpc) is 3.36. The van der Waals surface area contributed by atoms with Gasteiger partial charge in [0.15, 0.2) is 0 Å². The number of amides is 1. The largest absolute Gasteiger partial charge is 0.465 e. The number of furan rings is 1. The second-order valence-corrected chi connectivity index (χ2v) is 7.23. The second-order valence-electron chi connectivity index (χ2n) is 7.23. The molecule has 146 valence electrons. The van der Waals surface area contributed by atoms with Gasteiger partial charge >= 0.3 is 0 Å². The van der Waals surface area contributed by atoms with Crippen LogP contribution in [0.4, 0.5) is 5.69 Å². The summed E-state index contributed by atoms with van der Waals surface area (Å²) in [6.45, 7) is 6.26. The molecule has 4 rings (SSSR count). The first-order chi connectivity index (χ1) is 14.0. The number of nitrogens with zero attached hydrogens (tertiary/aromatic N) is 3. The highest BCUT2D eigenvalue weighted by Crippen LogP contribution is 2.23. The first-order valence-corrected chi connectivity index (χ1v) is 9.50. The molecule has 0 aliphatic rings. The van der Waals surface area contributed by atoms with Crippen molar-refractivity contribution in [3.05, 3.63) is 77.8 Å². The molecule has 2 heterocycles. The normalized spacial score (nSPS) is 11.6. The van der Waals surface area contributed by atoms with Crippen LogP contribution in [0.2, 0.25) is 0 Å². The summed E-state index contributed by atoms with van der Waals surface area (Å²) in [5, 5.41) is 12.0. The molecule has 6 nitrogen and oxygen atoms in total. The van der Waals surface area contributed by atoms with Crippen LogP contribution >= 0.6 is 0 Å². The van der Waals surface area contributed by atoms with E-state index in [9.17, 15) is 4.79 Å². The molecule has 0 aliphatic carbocycles. The Labute approximate surface area is 168 Å². The van der Waals surface area contributed by atoms with Gasteiger partial charge in [-0.3, -0.25) is 4.79 Å². The van der Waals surface area contributed by atoms with Gasteiger partial charge in [-0.05, 0) is 66.4 Å². The van der Waals surface area contributed by atoms with E-state index >= 15 is 0 Å². The summed E-state index contributed by atoms with van der Waals surface area (Å²) >= 11 is 0. The Balaban J connectivity index is 1.57. The third-order valence-corrected chi connectivity index (χ3v) is 4.72. The Bertz CT molecular complexity index is 1170. The van der Waals surface area contributed by atoms with Gasteiger partial charge in [-0.25, -0.2) is 0 Å². The maximum Gasteiger partial charge on any atom is 0.248 e. The summed E-state index contributed by atoms with van der Waals surface area (Å²) in [5.74, 6) is 0.864. The standard InChI is InChI=1S/C23H22N4O2/c1-15(2)17-6-8-18(9-7-17)27-25-21-13-16(3)20(14-22(21)26-27)24-23(28)11-10-19-5-4-12-29-19/h4-15H,1-3H3,(H,24,28)/b11-10+. The van der Waals surface area contributed by atoms with Crippen LogP contribution in [-0.2, 0) is 4.79 Å². The van der Waals surface area contributed by atoms with Gasteiger partial charge < -0.3 is 9.73 Å². The van der Waals surface area contributed by atoms with Gasteiger partial charge in [-0.15, -0.1) is 10.2 Å². The molecule has 0 atom stereocenters. The topological polar surface area (TPSA) is 73.0 Å². The molecule has 0 unspecified atom stereocenters. The van der Waals surface area contributed by atoms with Crippen LogP contribution < -0.4 is 5.32 Å². The van der Waals surface area contributed by atoms with E-state index in [2.05, 4.69) is 41.5 Å². The van der Waals surface area contributed by atoms with Crippen molar-refractivity contribution in [3.8, 4) is 5.69 Å². The van der Waals surface area contributed by atoms with E-state index < -0.39 is 0 Å². The van der Waals surface area contributed by atoms with E-state index in [-0.39, 0.29) is 5.91 Å². The monoisotopic (exact) mass is 386 g/mol. The molecule has 0 aliphatic heterocycles. The Kier molecular flexibility index (Phi) is 4.99. The number of fused-ring (bicyclic) bond motifs is 1. The second kappa shape index (κ2) is 7.75. The van der Waals surface area contributed by atoms with Crippen LogP contribution in [0.3, 0.4) is 0 Å². The molecule has 0 fully saturated rings. The lowest BCUT2D eigenvalue weighted by atomic mass is 10.0. The Morgan fingerprint density at radius 2 is 1.83 bits per heavy atom. The van der Waals surface area contributed by atoms with Crippen molar-refractivity contribution in [2.24, 2.45) is 0 Å². The number of benzene rings is 2. The summed E-state index contributed by atoms with van der Waals surface area (Å²) in [7, 11) is 0. The Morgan fingerprint density at radius 1 is 1.10 bits per heavy atom. The molecule has 29 heavy (non-hydrogen) atoms. The highest BCUT2D eigenvalue weighted by Gasteiger charge is 2.10. The number of hydrogen-bond donors (Lipinski definition) is 1. The molecule has 0 bridgehead atoms. The fourth-order valence-electron chi connectivity index (χ4n) is 3.03. The average molecular weight is 386 g/mol. The minimum atomic E-state index is -0.236. The van der Waals surface area contributed by atoms with E-state index in [1.54, 1.807) is 29.3 Å². The summed E-state index contributed by atoms with van der Waals surface area (Å²) < 4.78 is 5.19. The van der Waals surface area contributed by atoms with Crippen LogP contribution in [0, 0.1) is 6.92 Å². The lowest BCUT2D eigenvalue weighted by molar-refractivity contribution is -0.111. The van der Waals surface area contributed by atoms with Crippen molar-refractivity contribution in [2.75, 3.05) is 5.32 Å². The van der Waals surface area contributed by atoms with Crippen molar-refractivity contribution in [2.45, 2.75) is 26.7 Å². The van der Waals surface area contributed by atoms with Crippen molar-refractivity contribution in [1.82, 2.24) is 15.0 Å². The zero-order valence-electron chi connectivity index (χ0n) is 16.6. The van der Waals surface area contributed by atoms with Gasteiger partial charge in [0.1, 0.15) is 16.8 Å². The number of nitrogens with one attached hydrogen (secondary N) is 1. The first kappa shape index (κ1) is 18.7. The molecular weight excluding hydrogens is 364 g/mol. The van der Waals surface area contributed by atoms with Crippen LogP contribution in [0.1, 0.15) is 36.7 Å². The predicted octanol–water partition coefficient (Wildman–Crippen LogP) is 5.10. The van der Waals surface area contributed by atoms with Gasteiger partial charge in [0.2, 0.25) is 5.91 Å². The Morgan fingerprint density at radius 3 is 2.48 bits per heavy atom. The molecular formula is C23H22N4O2. The molecule has 1 amide bonds. The molecule has 6 heteroatoms.